The van der Waals surface area contributed by atoms with E-state index in [0.29, 0.717) is 37.2 Å². The average Bonchev–Trinajstić information content (AvgIpc) is 3.27. The van der Waals surface area contributed by atoms with Crippen LogP contribution in [0.25, 0.3) is 11.0 Å². The molecule has 0 spiro atoms. The molecule has 146 valence electrons. The van der Waals surface area contributed by atoms with Crippen molar-refractivity contribution in [3.8, 4) is 0 Å². The SMILES string of the molecule is C=C1CCC(N2Cc3cc(NCc4cc5ccccc5o4)ccc3C2=O)C(=O)N1. The molecule has 2 N–H and O–H groups in total. The van der Waals surface area contributed by atoms with E-state index in [9.17, 15) is 9.59 Å². The number of carbonyl (C=O) groups excluding carboxylic acids is 2. The van der Waals surface area contributed by atoms with Gasteiger partial charge in [0, 0.05) is 28.9 Å². The zero-order valence-electron chi connectivity index (χ0n) is 15.9. The molecule has 1 unspecified atom stereocenters. The molecule has 1 saturated heterocycles. The molecule has 1 aromatic heterocycles. The van der Waals surface area contributed by atoms with Gasteiger partial charge in [0.05, 0.1) is 6.54 Å². The van der Waals surface area contributed by atoms with E-state index in [1.165, 1.54) is 0 Å². The van der Waals surface area contributed by atoms with Crippen LogP contribution in [0.15, 0.2) is 65.2 Å². The highest BCUT2D eigenvalue weighted by molar-refractivity contribution is 6.01. The Kier molecular flexibility index (Phi) is 4.12. The highest BCUT2D eigenvalue weighted by Crippen LogP contribution is 2.30. The molecule has 2 amide bonds. The Hall–Kier alpha value is -3.54. The number of furan rings is 1. The van der Waals surface area contributed by atoms with Gasteiger partial charge in [-0.15, -0.1) is 0 Å². The van der Waals surface area contributed by atoms with Crippen molar-refractivity contribution in [3.05, 3.63) is 77.7 Å². The first-order chi connectivity index (χ1) is 14.1. The summed E-state index contributed by atoms with van der Waals surface area (Å²) < 4.78 is 5.84. The van der Waals surface area contributed by atoms with E-state index in [0.717, 1.165) is 28.0 Å². The molecular weight excluding hydrogens is 366 g/mol. The molecule has 5 rings (SSSR count). The van der Waals surface area contributed by atoms with E-state index < -0.39 is 6.04 Å². The standard InChI is InChI=1S/C23H21N3O3/c1-14-6-9-20(22(27)25-14)26-13-16-10-17(7-8-19(16)23(26)28)24-12-18-11-15-4-2-3-5-21(15)29-18/h2-5,7-8,10-11,20,24H,1,6,9,12-13H2,(H,25,27). The Bertz CT molecular complexity index is 1110. The highest BCUT2D eigenvalue weighted by Gasteiger charge is 2.38. The second-order valence-electron chi connectivity index (χ2n) is 7.56. The molecule has 2 aliphatic rings. The van der Waals surface area contributed by atoms with Gasteiger partial charge in [-0.3, -0.25) is 9.59 Å². The predicted octanol–water partition coefficient (Wildman–Crippen LogP) is 3.79. The lowest BCUT2D eigenvalue weighted by molar-refractivity contribution is -0.126. The quantitative estimate of drug-likeness (QED) is 0.714. The maximum Gasteiger partial charge on any atom is 0.255 e. The molecule has 3 aromatic rings. The van der Waals surface area contributed by atoms with Crippen molar-refractivity contribution in [3.63, 3.8) is 0 Å². The monoisotopic (exact) mass is 387 g/mol. The number of nitrogens with one attached hydrogen (secondary N) is 2. The topological polar surface area (TPSA) is 74.6 Å². The van der Waals surface area contributed by atoms with Gasteiger partial charge in [0.1, 0.15) is 17.4 Å². The first-order valence-electron chi connectivity index (χ1n) is 9.72. The van der Waals surface area contributed by atoms with Crippen LogP contribution >= 0.6 is 0 Å². The van der Waals surface area contributed by atoms with Gasteiger partial charge in [-0.2, -0.15) is 0 Å². The number of benzene rings is 2. The van der Waals surface area contributed by atoms with Crippen LogP contribution in [-0.4, -0.2) is 22.8 Å². The predicted molar refractivity (Wildman–Crippen MR) is 110 cm³/mol. The molecule has 0 radical (unpaired) electrons. The Labute approximate surface area is 168 Å². The summed E-state index contributed by atoms with van der Waals surface area (Å²) >= 11 is 0. The molecule has 0 saturated carbocycles. The van der Waals surface area contributed by atoms with Crippen LogP contribution in [0.3, 0.4) is 0 Å². The summed E-state index contributed by atoms with van der Waals surface area (Å²) in [4.78, 5) is 26.8. The minimum absolute atomic E-state index is 0.0866. The van der Waals surface area contributed by atoms with Crippen LogP contribution < -0.4 is 10.6 Å². The van der Waals surface area contributed by atoms with Gasteiger partial charge in [0.15, 0.2) is 0 Å². The summed E-state index contributed by atoms with van der Waals surface area (Å²) in [6.45, 7) is 4.80. The highest BCUT2D eigenvalue weighted by atomic mass is 16.3. The van der Waals surface area contributed by atoms with E-state index in [2.05, 4.69) is 17.2 Å². The first-order valence-corrected chi connectivity index (χ1v) is 9.72. The lowest BCUT2D eigenvalue weighted by Crippen LogP contribution is -2.49. The van der Waals surface area contributed by atoms with Gasteiger partial charge < -0.3 is 20.0 Å². The smallest absolute Gasteiger partial charge is 0.255 e. The van der Waals surface area contributed by atoms with Gasteiger partial charge in [0.25, 0.3) is 5.91 Å². The first kappa shape index (κ1) is 17.6. The number of anilines is 1. The maximum absolute atomic E-state index is 12.8. The van der Waals surface area contributed by atoms with E-state index >= 15 is 0 Å². The number of rotatable bonds is 4. The number of hydrogen-bond acceptors (Lipinski definition) is 4. The van der Waals surface area contributed by atoms with Crippen molar-refractivity contribution in [2.24, 2.45) is 0 Å². The summed E-state index contributed by atoms with van der Waals surface area (Å²) in [7, 11) is 0. The minimum atomic E-state index is -0.438. The van der Waals surface area contributed by atoms with Crippen molar-refractivity contribution in [1.29, 1.82) is 0 Å². The van der Waals surface area contributed by atoms with E-state index in [1.54, 1.807) is 4.90 Å². The number of nitrogens with zero attached hydrogens (tertiary/aromatic N) is 1. The van der Waals surface area contributed by atoms with E-state index in [4.69, 9.17) is 4.42 Å². The van der Waals surface area contributed by atoms with Crippen molar-refractivity contribution in [2.45, 2.75) is 32.0 Å². The zero-order chi connectivity index (χ0) is 20.0. The van der Waals surface area contributed by atoms with Crippen LogP contribution in [0.1, 0.15) is 34.5 Å². The third-order valence-corrected chi connectivity index (χ3v) is 5.58. The molecule has 0 aliphatic carbocycles. The molecule has 2 aliphatic heterocycles. The summed E-state index contributed by atoms with van der Waals surface area (Å²) in [6.07, 6.45) is 1.31. The maximum atomic E-state index is 12.8. The van der Waals surface area contributed by atoms with Crippen LogP contribution in [-0.2, 0) is 17.9 Å². The van der Waals surface area contributed by atoms with Crippen LogP contribution in [0, 0.1) is 0 Å². The van der Waals surface area contributed by atoms with Crippen molar-refractivity contribution in [2.75, 3.05) is 5.32 Å². The molecule has 2 aromatic carbocycles. The third kappa shape index (κ3) is 3.16. The number of amides is 2. The normalized spacial score (nSPS) is 18.8. The number of allylic oxidation sites excluding steroid dienone is 1. The Morgan fingerprint density at radius 3 is 2.86 bits per heavy atom. The lowest BCUT2D eigenvalue weighted by Gasteiger charge is -2.30. The minimum Gasteiger partial charge on any atom is -0.459 e. The van der Waals surface area contributed by atoms with E-state index in [-0.39, 0.29) is 11.8 Å². The molecule has 3 heterocycles. The van der Waals surface area contributed by atoms with Crippen molar-refractivity contribution in [1.82, 2.24) is 10.2 Å². The van der Waals surface area contributed by atoms with Crippen molar-refractivity contribution >= 4 is 28.5 Å². The molecule has 1 fully saturated rings. The largest absolute Gasteiger partial charge is 0.459 e. The van der Waals surface area contributed by atoms with Gasteiger partial charge in [0.2, 0.25) is 5.91 Å². The van der Waals surface area contributed by atoms with Crippen LogP contribution in [0.5, 0.6) is 0 Å². The van der Waals surface area contributed by atoms with E-state index in [1.807, 2.05) is 48.5 Å². The second kappa shape index (κ2) is 6.81. The molecule has 6 nitrogen and oxygen atoms in total. The van der Waals surface area contributed by atoms with Crippen LogP contribution in [0.2, 0.25) is 0 Å². The fraction of sp³-hybridized carbons (Fsp3) is 0.217. The Balaban J connectivity index is 1.30. The van der Waals surface area contributed by atoms with Gasteiger partial charge in [-0.05, 0) is 48.7 Å². The molecule has 6 heteroatoms. The fourth-order valence-electron chi connectivity index (χ4n) is 4.08. The number of para-hydroxylation sites is 1. The number of piperidine rings is 1. The summed E-state index contributed by atoms with van der Waals surface area (Å²) in [6, 6.07) is 15.2. The molecule has 29 heavy (non-hydrogen) atoms. The lowest BCUT2D eigenvalue weighted by atomic mass is 10.0. The number of fused-ring (bicyclic) bond motifs is 2. The second-order valence-corrected chi connectivity index (χ2v) is 7.56. The van der Waals surface area contributed by atoms with Gasteiger partial charge >= 0.3 is 0 Å². The third-order valence-electron chi connectivity index (χ3n) is 5.58. The molecule has 0 bridgehead atoms. The Morgan fingerprint density at radius 1 is 1.17 bits per heavy atom. The number of hydrogen-bond donors (Lipinski definition) is 2. The zero-order valence-corrected chi connectivity index (χ0v) is 15.9. The summed E-state index contributed by atoms with van der Waals surface area (Å²) in [5.74, 6) is 0.616. The summed E-state index contributed by atoms with van der Waals surface area (Å²) in [5.41, 5.74) is 4.10. The average molecular weight is 387 g/mol. The summed E-state index contributed by atoms with van der Waals surface area (Å²) in [5, 5.41) is 7.20. The van der Waals surface area contributed by atoms with Gasteiger partial charge in [-0.25, -0.2) is 0 Å². The van der Waals surface area contributed by atoms with Crippen LogP contribution in [0.4, 0.5) is 5.69 Å². The van der Waals surface area contributed by atoms with Gasteiger partial charge in [-0.1, -0.05) is 24.8 Å². The Morgan fingerprint density at radius 2 is 2.03 bits per heavy atom. The van der Waals surface area contributed by atoms with Crippen molar-refractivity contribution < 1.29 is 14.0 Å². The molecule has 1 atom stereocenters. The fourth-order valence-corrected chi connectivity index (χ4v) is 4.08. The molecular formula is C23H21N3O3. The number of carbonyl (C=O) groups is 2.